The molecule has 100 valence electrons. The summed E-state index contributed by atoms with van der Waals surface area (Å²) in [5, 5.41) is 6.95. The average molecular weight is 267 g/mol. The number of nitrogens with zero attached hydrogens (tertiary/aromatic N) is 3. The SMILES string of the molecule is NCc1cccc(NC(=O)c2cnn3ccncc23)c1. The fourth-order valence-corrected chi connectivity index (χ4v) is 1.98. The molecule has 0 atom stereocenters. The zero-order valence-electron chi connectivity index (χ0n) is 10.7. The number of rotatable bonds is 3. The zero-order valence-corrected chi connectivity index (χ0v) is 10.7. The first-order valence-corrected chi connectivity index (χ1v) is 6.15. The Morgan fingerprint density at radius 1 is 1.35 bits per heavy atom. The number of nitrogens with two attached hydrogens (primary N) is 1. The molecule has 0 unspecified atom stereocenters. The van der Waals surface area contributed by atoms with Gasteiger partial charge in [0.2, 0.25) is 0 Å². The normalized spacial score (nSPS) is 10.7. The van der Waals surface area contributed by atoms with Crippen molar-refractivity contribution < 1.29 is 4.79 Å². The van der Waals surface area contributed by atoms with Crippen molar-refractivity contribution in [3.63, 3.8) is 0 Å². The quantitative estimate of drug-likeness (QED) is 0.752. The van der Waals surface area contributed by atoms with E-state index in [1.807, 2.05) is 24.3 Å². The van der Waals surface area contributed by atoms with Gasteiger partial charge in [-0.15, -0.1) is 0 Å². The molecule has 0 saturated heterocycles. The first-order valence-electron chi connectivity index (χ1n) is 6.15. The van der Waals surface area contributed by atoms with Crippen molar-refractivity contribution >= 4 is 17.1 Å². The van der Waals surface area contributed by atoms with E-state index < -0.39 is 0 Å². The highest BCUT2D eigenvalue weighted by atomic mass is 16.1. The Bertz CT molecular complexity index is 765. The van der Waals surface area contributed by atoms with E-state index in [4.69, 9.17) is 5.73 Å². The lowest BCUT2D eigenvalue weighted by atomic mass is 10.2. The third-order valence-electron chi connectivity index (χ3n) is 2.99. The maximum atomic E-state index is 12.3. The Morgan fingerprint density at radius 2 is 2.25 bits per heavy atom. The van der Waals surface area contributed by atoms with Crippen LogP contribution in [-0.4, -0.2) is 20.5 Å². The highest BCUT2D eigenvalue weighted by Gasteiger charge is 2.12. The second-order valence-electron chi connectivity index (χ2n) is 4.32. The third kappa shape index (κ3) is 2.24. The van der Waals surface area contributed by atoms with Crippen LogP contribution >= 0.6 is 0 Å². The molecule has 6 heteroatoms. The monoisotopic (exact) mass is 267 g/mol. The molecule has 0 fully saturated rings. The van der Waals surface area contributed by atoms with Crippen molar-refractivity contribution in [1.29, 1.82) is 0 Å². The number of aromatic nitrogens is 3. The molecule has 1 amide bonds. The van der Waals surface area contributed by atoms with Crippen LogP contribution in [0.5, 0.6) is 0 Å². The van der Waals surface area contributed by atoms with Crippen LogP contribution < -0.4 is 11.1 Å². The van der Waals surface area contributed by atoms with Crippen molar-refractivity contribution in [3.05, 3.63) is 60.2 Å². The molecule has 2 aromatic heterocycles. The van der Waals surface area contributed by atoms with Crippen LogP contribution in [0.1, 0.15) is 15.9 Å². The van der Waals surface area contributed by atoms with Gasteiger partial charge in [0.05, 0.1) is 23.5 Å². The summed E-state index contributed by atoms with van der Waals surface area (Å²) >= 11 is 0. The summed E-state index contributed by atoms with van der Waals surface area (Å²) in [7, 11) is 0. The molecule has 2 heterocycles. The van der Waals surface area contributed by atoms with Gasteiger partial charge in [-0.25, -0.2) is 4.52 Å². The van der Waals surface area contributed by atoms with Crippen LogP contribution in [0, 0.1) is 0 Å². The van der Waals surface area contributed by atoms with E-state index in [-0.39, 0.29) is 5.91 Å². The van der Waals surface area contributed by atoms with E-state index in [1.54, 1.807) is 23.1 Å². The second kappa shape index (κ2) is 5.10. The van der Waals surface area contributed by atoms with Gasteiger partial charge in [0.1, 0.15) is 0 Å². The lowest BCUT2D eigenvalue weighted by molar-refractivity contribution is 0.102. The highest BCUT2D eigenvalue weighted by molar-refractivity contribution is 6.08. The molecule has 0 spiro atoms. The van der Waals surface area contributed by atoms with E-state index in [1.165, 1.54) is 6.20 Å². The summed E-state index contributed by atoms with van der Waals surface area (Å²) in [5.74, 6) is -0.220. The minimum Gasteiger partial charge on any atom is -0.326 e. The largest absolute Gasteiger partial charge is 0.326 e. The maximum absolute atomic E-state index is 12.3. The zero-order chi connectivity index (χ0) is 13.9. The fraction of sp³-hybridized carbons (Fsp3) is 0.0714. The van der Waals surface area contributed by atoms with Crippen LogP contribution in [0.4, 0.5) is 5.69 Å². The van der Waals surface area contributed by atoms with Gasteiger partial charge >= 0.3 is 0 Å². The van der Waals surface area contributed by atoms with Gasteiger partial charge in [-0.1, -0.05) is 12.1 Å². The molecule has 3 aromatic rings. The van der Waals surface area contributed by atoms with Crippen LogP contribution in [0.3, 0.4) is 0 Å². The molecule has 3 rings (SSSR count). The summed E-state index contributed by atoms with van der Waals surface area (Å²) in [5.41, 5.74) is 8.41. The summed E-state index contributed by atoms with van der Waals surface area (Å²) in [6.45, 7) is 0.435. The van der Waals surface area contributed by atoms with Gasteiger partial charge in [-0.3, -0.25) is 9.78 Å². The molecule has 0 bridgehead atoms. The Morgan fingerprint density at radius 3 is 3.10 bits per heavy atom. The van der Waals surface area contributed by atoms with Crippen molar-refractivity contribution in [2.75, 3.05) is 5.32 Å². The van der Waals surface area contributed by atoms with Crippen LogP contribution in [0.25, 0.3) is 5.52 Å². The molecule has 3 N–H and O–H groups in total. The second-order valence-corrected chi connectivity index (χ2v) is 4.32. The average Bonchev–Trinajstić information content (AvgIpc) is 2.91. The van der Waals surface area contributed by atoms with Crippen LogP contribution in [0.2, 0.25) is 0 Å². The molecule has 20 heavy (non-hydrogen) atoms. The predicted octanol–water partition coefficient (Wildman–Crippen LogP) is 1.44. The predicted molar refractivity (Wildman–Crippen MR) is 75.3 cm³/mol. The first-order chi connectivity index (χ1) is 9.78. The number of carbonyl (C=O) groups excluding carboxylic acids is 1. The number of amides is 1. The van der Waals surface area contributed by atoms with E-state index in [9.17, 15) is 4.79 Å². The molecule has 1 aromatic carbocycles. The van der Waals surface area contributed by atoms with Gasteiger partial charge in [-0.05, 0) is 17.7 Å². The topological polar surface area (TPSA) is 85.3 Å². The van der Waals surface area contributed by atoms with E-state index in [0.29, 0.717) is 23.3 Å². The summed E-state index contributed by atoms with van der Waals surface area (Å²) in [4.78, 5) is 16.3. The van der Waals surface area contributed by atoms with Gasteiger partial charge < -0.3 is 11.1 Å². The molecule has 0 aliphatic heterocycles. The van der Waals surface area contributed by atoms with Gasteiger partial charge in [0.15, 0.2) is 0 Å². The number of nitrogens with one attached hydrogen (secondary N) is 1. The van der Waals surface area contributed by atoms with E-state index in [2.05, 4.69) is 15.4 Å². The number of anilines is 1. The highest BCUT2D eigenvalue weighted by Crippen LogP contribution is 2.14. The first kappa shape index (κ1) is 12.3. The molecule has 0 saturated carbocycles. The molecule has 0 aliphatic carbocycles. The molecule has 0 radical (unpaired) electrons. The number of hydrogen-bond donors (Lipinski definition) is 2. The smallest absolute Gasteiger partial charge is 0.259 e. The van der Waals surface area contributed by atoms with Crippen molar-refractivity contribution in [3.8, 4) is 0 Å². The Hall–Kier alpha value is -2.73. The van der Waals surface area contributed by atoms with Crippen molar-refractivity contribution in [2.24, 2.45) is 5.73 Å². The van der Waals surface area contributed by atoms with Gasteiger partial charge in [0, 0.05) is 24.6 Å². The lowest BCUT2D eigenvalue weighted by Crippen LogP contribution is -2.12. The molecule has 6 nitrogen and oxygen atoms in total. The van der Waals surface area contributed by atoms with Crippen LogP contribution in [0.15, 0.2) is 49.1 Å². The van der Waals surface area contributed by atoms with Gasteiger partial charge in [0.25, 0.3) is 5.91 Å². The molecular weight excluding hydrogens is 254 g/mol. The minimum atomic E-state index is -0.220. The van der Waals surface area contributed by atoms with E-state index >= 15 is 0 Å². The number of benzene rings is 1. The summed E-state index contributed by atoms with van der Waals surface area (Å²) in [6.07, 6.45) is 6.45. The van der Waals surface area contributed by atoms with Crippen LogP contribution in [-0.2, 0) is 6.54 Å². The summed E-state index contributed by atoms with van der Waals surface area (Å²) in [6, 6.07) is 7.44. The summed E-state index contributed by atoms with van der Waals surface area (Å²) < 4.78 is 1.61. The van der Waals surface area contributed by atoms with Crippen molar-refractivity contribution in [2.45, 2.75) is 6.54 Å². The van der Waals surface area contributed by atoms with E-state index in [0.717, 1.165) is 5.56 Å². The van der Waals surface area contributed by atoms with Gasteiger partial charge in [-0.2, -0.15) is 5.10 Å². The molecule has 0 aliphatic rings. The standard InChI is InChI=1S/C14H13N5O/c15-7-10-2-1-3-11(6-10)18-14(20)12-8-17-19-5-4-16-9-13(12)19/h1-6,8-9H,7,15H2,(H,18,20). The number of hydrogen-bond acceptors (Lipinski definition) is 4. The Balaban J connectivity index is 1.89. The van der Waals surface area contributed by atoms with Crippen molar-refractivity contribution in [1.82, 2.24) is 14.6 Å². The number of fused-ring (bicyclic) bond motifs is 1. The fourth-order valence-electron chi connectivity index (χ4n) is 1.98. The molecular formula is C14H13N5O. The Kier molecular flexibility index (Phi) is 3.14. The third-order valence-corrected chi connectivity index (χ3v) is 2.99. The minimum absolute atomic E-state index is 0.220. The lowest BCUT2D eigenvalue weighted by Gasteiger charge is -2.05. The maximum Gasteiger partial charge on any atom is 0.259 e. The Labute approximate surface area is 115 Å². The number of carbonyl (C=O) groups is 1.